The molecular weight excluding hydrogens is 276 g/mol. The molecule has 112 valence electrons. The maximum atomic E-state index is 12.7. The molecule has 0 atom stereocenters. The first-order valence-electron chi connectivity index (χ1n) is 6.82. The number of nitrogens with one attached hydrogen (secondary N) is 1. The molecule has 1 aromatic rings. The normalized spacial score (nSPS) is 16.8. The second kappa shape index (κ2) is 6.07. The summed E-state index contributed by atoms with van der Waals surface area (Å²) >= 11 is 0. The van der Waals surface area contributed by atoms with Gasteiger partial charge in [-0.1, -0.05) is 12.2 Å². The summed E-state index contributed by atoms with van der Waals surface area (Å²) in [5, 5.41) is 7.41. The van der Waals surface area contributed by atoms with Crippen LogP contribution in [0.15, 0.2) is 17.0 Å². The number of hydrogen-bond acceptors (Lipinski definition) is 4. The molecule has 2 heterocycles. The topological polar surface area (TPSA) is 67.2 Å². The molecule has 1 aliphatic heterocycles. The standard InChI is InChI=1S/C13H22N4O2S/c1-11-13(12(2)17(15-11)10-7-14-3)20(18,19)16-8-5-4-6-9-16/h4-5,14H,6-10H2,1-3H3. The number of aryl methyl sites for hydroxylation is 1. The summed E-state index contributed by atoms with van der Waals surface area (Å²) in [6, 6.07) is 0. The van der Waals surface area contributed by atoms with Crippen molar-refractivity contribution in [1.82, 2.24) is 19.4 Å². The minimum absolute atomic E-state index is 0.365. The fourth-order valence-electron chi connectivity index (χ4n) is 2.46. The summed E-state index contributed by atoms with van der Waals surface area (Å²) in [4.78, 5) is 0.365. The molecule has 0 fully saturated rings. The molecule has 1 aromatic heterocycles. The van der Waals surface area contributed by atoms with E-state index in [4.69, 9.17) is 0 Å². The van der Waals surface area contributed by atoms with E-state index in [0.717, 1.165) is 13.0 Å². The monoisotopic (exact) mass is 298 g/mol. The quantitative estimate of drug-likeness (QED) is 0.811. The number of hydrogen-bond donors (Lipinski definition) is 1. The maximum Gasteiger partial charge on any atom is 0.247 e. The van der Waals surface area contributed by atoms with Gasteiger partial charge in [-0.15, -0.1) is 0 Å². The summed E-state index contributed by atoms with van der Waals surface area (Å²) in [6.45, 7) is 5.99. The second-order valence-corrected chi connectivity index (χ2v) is 6.82. The molecule has 0 radical (unpaired) electrons. The van der Waals surface area contributed by atoms with Gasteiger partial charge in [0.1, 0.15) is 4.90 Å². The average molecular weight is 298 g/mol. The third-order valence-corrected chi connectivity index (χ3v) is 5.63. The SMILES string of the molecule is CNCCn1nc(C)c(S(=O)(=O)N2CC=CCC2)c1C. The highest BCUT2D eigenvalue weighted by Crippen LogP contribution is 2.24. The first-order chi connectivity index (χ1) is 9.48. The van der Waals surface area contributed by atoms with Gasteiger partial charge in [-0.25, -0.2) is 8.42 Å². The highest BCUT2D eigenvalue weighted by atomic mass is 32.2. The Morgan fingerprint density at radius 3 is 2.70 bits per heavy atom. The van der Waals surface area contributed by atoms with Gasteiger partial charge in [0.2, 0.25) is 10.0 Å². The van der Waals surface area contributed by atoms with E-state index in [9.17, 15) is 8.42 Å². The number of aromatic nitrogens is 2. The first kappa shape index (κ1) is 15.2. The van der Waals surface area contributed by atoms with Crippen LogP contribution in [0.4, 0.5) is 0 Å². The maximum absolute atomic E-state index is 12.7. The molecule has 0 saturated carbocycles. The lowest BCUT2D eigenvalue weighted by Gasteiger charge is -2.22. The van der Waals surface area contributed by atoms with Crippen LogP contribution >= 0.6 is 0 Å². The Hall–Kier alpha value is -1.18. The third kappa shape index (κ3) is 2.79. The Labute approximate surface area is 120 Å². The van der Waals surface area contributed by atoms with Crippen molar-refractivity contribution in [3.63, 3.8) is 0 Å². The molecule has 0 aromatic carbocycles. The molecule has 0 unspecified atom stereocenters. The average Bonchev–Trinajstić information content (AvgIpc) is 2.72. The van der Waals surface area contributed by atoms with E-state index in [1.807, 2.05) is 26.1 Å². The zero-order valence-electron chi connectivity index (χ0n) is 12.3. The smallest absolute Gasteiger partial charge is 0.247 e. The van der Waals surface area contributed by atoms with Crippen LogP contribution in [0.1, 0.15) is 17.8 Å². The van der Waals surface area contributed by atoms with Gasteiger partial charge in [0.05, 0.1) is 17.9 Å². The zero-order chi connectivity index (χ0) is 14.8. The highest BCUT2D eigenvalue weighted by Gasteiger charge is 2.30. The van der Waals surface area contributed by atoms with Gasteiger partial charge >= 0.3 is 0 Å². The van der Waals surface area contributed by atoms with Crippen LogP contribution in [-0.2, 0) is 16.6 Å². The predicted molar refractivity (Wildman–Crippen MR) is 78.1 cm³/mol. The fraction of sp³-hybridized carbons (Fsp3) is 0.615. The molecule has 6 nitrogen and oxygen atoms in total. The van der Waals surface area contributed by atoms with Crippen molar-refractivity contribution in [2.75, 3.05) is 26.7 Å². The molecule has 1 N–H and O–H groups in total. The van der Waals surface area contributed by atoms with E-state index in [2.05, 4.69) is 10.4 Å². The summed E-state index contributed by atoms with van der Waals surface area (Å²) in [5.41, 5.74) is 1.29. The Balaban J connectivity index is 2.36. The second-order valence-electron chi connectivity index (χ2n) is 4.95. The van der Waals surface area contributed by atoms with E-state index in [0.29, 0.717) is 35.9 Å². The lowest BCUT2D eigenvalue weighted by molar-refractivity contribution is 0.436. The fourth-order valence-corrected chi connectivity index (χ4v) is 4.24. The lowest BCUT2D eigenvalue weighted by Crippen LogP contribution is -2.34. The lowest BCUT2D eigenvalue weighted by atomic mass is 10.3. The van der Waals surface area contributed by atoms with E-state index >= 15 is 0 Å². The van der Waals surface area contributed by atoms with Crippen LogP contribution < -0.4 is 5.32 Å². The number of sulfonamides is 1. The molecule has 1 aliphatic rings. The molecule has 0 aliphatic carbocycles. The Morgan fingerprint density at radius 2 is 2.10 bits per heavy atom. The van der Waals surface area contributed by atoms with Crippen LogP contribution in [0.2, 0.25) is 0 Å². The van der Waals surface area contributed by atoms with Crippen LogP contribution in [-0.4, -0.2) is 49.2 Å². The van der Waals surface area contributed by atoms with E-state index < -0.39 is 10.0 Å². The molecular formula is C13H22N4O2S. The van der Waals surface area contributed by atoms with Gasteiger partial charge in [0.15, 0.2) is 0 Å². The van der Waals surface area contributed by atoms with Gasteiger partial charge in [-0.2, -0.15) is 9.40 Å². The van der Waals surface area contributed by atoms with E-state index in [-0.39, 0.29) is 0 Å². The Morgan fingerprint density at radius 1 is 1.35 bits per heavy atom. The summed E-state index contributed by atoms with van der Waals surface area (Å²) in [7, 11) is -1.58. The van der Waals surface area contributed by atoms with Gasteiger partial charge in [0, 0.05) is 19.6 Å². The van der Waals surface area contributed by atoms with Crippen LogP contribution in [0.3, 0.4) is 0 Å². The van der Waals surface area contributed by atoms with Gasteiger partial charge in [0.25, 0.3) is 0 Å². The van der Waals surface area contributed by atoms with Gasteiger partial charge < -0.3 is 5.32 Å². The molecule has 0 spiro atoms. The van der Waals surface area contributed by atoms with Gasteiger partial charge in [-0.3, -0.25) is 4.68 Å². The molecule has 20 heavy (non-hydrogen) atoms. The Kier molecular flexibility index (Phi) is 4.62. The minimum atomic E-state index is -3.45. The molecule has 0 bridgehead atoms. The summed E-state index contributed by atoms with van der Waals surface area (Å²) in [6.07, 6.45) is 4.68. The molecule has 0 saturated heterocycles. The predicted octanol–water partition coefficient (Wildman–Crippen LogP) is 0.670. The van der Waals surface area contributed by atoms with Crippen molar-refractivity contribution < 1.29 is 8.42 Å². The summed E-state index contributed by atoms with van der Waals surface area (Å²) < 4.78 is 28.8. The number of rotatable bonds is 5. The van der Waals surface area contributed by atoms with E-state index in [1.54, 1.807) is 11.6 Å². The molecule has 0 amide bonds. The van der Waals surface area contributed by atoms with Crippen molar-refractivity contribution in [3.8, 4) is 0 Å². The molecule has 7 heteroatoms. The molecule has 2 rings (SSSR count). The van der Waals surface area contributed by atoms with Crippen LogP contribution in [0.5, 0.6) is 0 Å². The summed E-state index contributed by atoms with van der Waals surface area (Å²) in [5.74, 6) is 0. The highest BCUT2D eigenvalue weighted by molar-refractivity contribution is 7.89. The van der Waals surface area contributed by atoms with Crippen molar-refractivity contribution in [2.45, 2.75) is 31.7 Å². The van der Waals surface area contributed by atoms with E-state index in [1.165, 1.54) is 4.31 Å². The van der Waals surface area contributed by atoms with Crippen molar-refractivity contribution in [1.29, 1.82) is 0 Å². The third-order valence-electron chi connectivity index (χ3n) is 3.51. The van der Waals surface area contributed by atoms with Crippen molar-refractivity contribution in [2.24, 2.45) is 0 Å². The first-order valence-corrected chi connectivity index (χ1v) is 8.26. The van der Waals surface area contributed by atoms with Crippen LogP contribution in [0.25, 0.3) is 0 Å². The number of nitrogens with zero attached hydrogens (tertiary/aromatic N) is 3. The van der Waals surface area contributed by atoms with Crippen molar-refractivity contribution >= 4 is 10.0 Å². The van der Waals surface area contributed by atoms with Gasteiger partial charge in [-0.05, 0) is 27.3 Å². The Bertz CT molecular complexity index is 604. The van der Waals surface area contributed by atoms with Crippen LogP contribution in [0, 0.1) is 13.8 Å². The largest absolute Gasteiger partial charge is 0.318 e. The minimum Gasteiger partial charge on any atom is -0.318 e. The zero-order valence-corrected chi connectivity index (χ0v) is 13.1. The number of likely N-dealkylation sites (N-methyl/N-ethyl adjacent to an activating group) is 1. The van der Waals surface area contributed by atoms with Crippen molar-refractivity contribution in [3.05, 3.63) is 23.5 Å².